The van der Waals surface area contributed by atoms with E-state index < -0.39 is 8.07 Å². The molecule has 0 aliphatic heterocycles. The molecule has 0 bridgehead atoms. The van der Waals surface area contributed by atoms with Gasteiger partial charge in [-0.25, -0.2) is 0 Å². The van der Waals surface area contributed by atoms with Crippen molar-refractivity contribution in [1.29, 1.82) is 0 Å². The summed E-state index contributed by atoms with van der Waals surface area (Å²) in [6, 6.07) is 9.48. The molecule has 1 aromatic carbocycles. The maximum Gasteiger partial charge on any atom is 0.0452 e. The summed E-state index contributed by atoms with van der Waals surface area (Å²) in [6.07, 6.45) is 0. The highest BCUT2D eigenvalue weighted by molar-refractivity contribution is 9.10. The van der Waals surface area contributed by atoms with Crippen LogP contribution in [-0.4, -0.2) is 19.8 Å². The molecule has 0 saturated carbocycles. The molecular formula is C13H19BrCl2Si. The summed E-state index contributed by atoms with van der Waals surface area (Å²) in [7, 11) is -1.22. The van der Waals surface area contributed by atoms with E-state index >= 15 is 0 Å². The smallest absolute Gasteiger partial charge is 0.0452 e. The lowest BCUT2D eigenvalue weighted by Gasteiger charge is -2.35. The standard InChI is InChI=1S/C13H19BrCl2Si/c1-17(2,3)10-13(8-15,9-16)11-5-4-6-12(14)7-11/h4-7H,8-10H2,1-3H3. The van der Waals surface area contributed by atoms with Crippen molar-refractivity contribution in [3.05, 3.63) is 34.3 Å². The number of rotatable bonds is 5. The molecule has 96 valence electrons. The second-order valence-corrected chi connectivity index (χ2v) is 12.7. The Morgan fingerprint density at radius 1 is 1.18 bits per heavy atom. The zero-order valence-corrected chi connectivity index (χ0v) is 14.7. The normalized spacial score (nSPS) is 12.8. The van der Waals surface area contributed by atoms with Gasteiger partial charge in [-0.15, -0.1) is 23.2 Å². The van der Waals surface area contributed by atoms with Crippen LogP contribution in [0.5, 0.6) is 0 Å². The molecule has 0 fully saturated rings. The van der Waals surface area contributed by atoms with Gasteiger partial charge in [0.1, 0.15) is 0 Å². The Bertz CT molecular complexity index is 370. The topological polar surface area (TPSA) is 0 Å². The molecule has 0 heterocycles. The second-order valence-electron chi connectivity index (χ2n) is 5.80. The first-order chi connectivity index (χ1) is 7.83. The molecule has 0 saturated heterocycles. The molecular weight excluding hydrogens is 335 g/mol. The Morgan fingerprint density at radius 2 is 1.76 bits per heavy atom. The summed E-state index contributed by atoms with van der Waals surface area (Å²) in [5.41, 5.74) is 1.16. The highest BCUT2D eigenvalue weighted by atomic mass is 79.9. The Kier molecular flexibility index (Phi) is 5.58. The van der Waals surface area contributed by atoms with Crippen molar-refractivity contribution in [2.24, 2.45) is 0 Å². The Labute approximate surface area is 124 Å². The monoisotopic (exact) mass is 352 g/mol. The average molecular weight is 354 g/mol. The summed E-state index contributed by atoms with van der Waals surface area (Å²) in [5.74, 6) is 1.16. The molecule has 4 heteroatoms. The van der Waals surface area contributed by atoms with Gasteiger partial charge in [0.15, 0.2) is 0 Å². The molecule has 17 heavy (non-hydrogen) atoms. The van der Waals surface area contributed by atoms with Crippen LogP contribution in [0, 0.1) is 0 Å². The van der Waals surface area contributed by atoms with E-state index in [2.05, 4.69) is 53.8 Å². The molecule has 0 aliphatic rings. The lowest BCUT2D eigenvalue weighted by atomic mass is 9.86. The molecule has 1 rings (SSSR count). The predicted octanol–water partition coefficient (Wildman–Crippen LogP) is 5.50. The molecule has 0 N–H and O–H groups in total. The molecule has 0 aliphatic carbocycles. The number of alkyl halides is 2. The van der Waals surface area contributed by atoms with Crippen LogP contribution in [0.15, 0.2) is 28.7 Å². The molecule has 0 nitrogen and oxygen atoms in total. The Morgan fingerprint density at radius 3 is 2.18 bits per heavy atom. The van der Waals surface area contributed by atoms with Crippen LogP contribution in [0.2, 0.25) is 25.7 Å². The van der Waals surface area contributed by atoms with Gasteiger partial charge in [-0.1, -0.05) is 47.7 Å². The van der Waals surface area contributed by atoms with Crippen LogP contribution in [0.1, 0.15) is 5.56 Å². The molecule has 1 aromatic rings. The average Bonchev–Trinajstić information content (AvgIpc) is 2.25. The van der Waals surface area contributed by atoms with Crippen LogP contribution in [0.4, 0.5) is 0 Å². The highest BCUT2D eigenvalue weighted by Gasteiger charge is 2.35. The quantitative estimate of drug-likeness (QED) is 0.484. The third-order valence-electron chi connectivity index (χ3n) is 2.82. The van der Waals surface area contributed by atoms with E-state index in [9.17, 15) is 0 Å². The lowest BCUT2D eigenvalue weighted by molar-refractivity contribution is 0.594. The maximum atomic E-state index is 6.24. The first-order valence-corrected chi connectivity index (χ1v) is 11.3. The van der Waals surface area contributed by atoms with Crippen LogP contribution in [0.3, 0.4) is 0 Å². The van der Waals surface area contributed by atoms with Gasteiger partial charge in [0.2, 0.25) is 0 Å². The van der Waals surface area contributed by atoms with Gasteiger partial charge < -0.3 is 0 Å². The zero-order chi connectivity index (χ0) is 13.1. The first-order valence-electron chi connectivity index (χ1n) is 5.71. The summed E-state index contributed by atoms with van der Waals surface area (Å²) >= 11 is 16.0. The molecule has 0 radical (unpaired) electrons. The van der Waals surface area contributed by atoms with Crippen molar-refractivity contribution < 1.29 is 0 Å². The fourth-order valence-corrected chi connectivity index (χ4v) is 6.20. The summed E-state index contributed by atoms with van der Waals surface area (Å²) in [4.78, 5) is 0. The number of hydrogen-bond donors (Lipinski definition) is 0. The van der Waals surface area contributed by atoms with Crippen LogP contribution >= 0.6 is 39.1 Å². The minimum absolute atomic E-state index is 0.0859. The van der Waals surface area contributed by atoms with Crippen molar-refractivity contribution in [2.45, 2.75) is 31.1 Å². The third kappa shape index (κ3) is 4.27. The zero-order valence-electron chi connectivity index (χ0n) is 10.6. The van der Waals surface area contributed by atoms with Crippen molar-refractivity contribution in [3.63, 3.8) is 0 Å². The van der Waals surface area contributed by atoms with Gasteiger partial charge in [-0.05, 0) is 23.7 Å². The number of halogens is 3. The van der Waals surface area contributed by atoms with Crippen molar-refractivity contribution in [1.82, 2.24) is 0 Å². The van der Waals surface area contributed by atoms with E-state index in [-0.39, 0.29) is 5.41 Å². The SMILES string of the molecule is C[Si](C)(C)CC(CCl)(CCl)c1cccc(Br)c1. The van der Waals surface area contributed by atoms with Crippen LogP contribution in [-0.2, 0) is 5.41 Å². The fraction of sp³-hybridized carbons (Fsp3) is 0.538. The second kappa shape index (κ2) is 6.09. The molecule has 0 unspecified atom stereocenters. The summed E-state index contributed by atoms with van der Waals surface area (Å²) in [6.45, 7) is 7.08. The molecule has 0 amide bonds. The van der Waals surface area contributed by atoms with Crippen LogP contribution in [0.25, 0.3) is 0 Å². The van der Waals surface area contributed by atoms with Gasteiger partial charge in [-0.2, -0.15) is 0 Å². The summed E-state index contributed by atoms with van der Waals surface area (Å²) < 4.78 is 1.09. The van der Waals surface area contributed by atoms with Crippen molar-refractivity contribution >= 4 is 47.2 Å². The fourth-order valence-electron chi connectivity index (χ4n) is 2.22. The van der Waals surface area contributed by atoms with E-state index in [0.29, 0.717) is 11.8 Å². The van der Waals surface area contributed by atoms with E-state index in [1.807, 2.05) is 6.07 Å². The van der Waals surface area contributed by atoms with Gasteiger partial charge >= 0.3 is 0 Å². The largest absolute Gasteiger partial charge is 0.126 e. The minimum Gasteiger partial charge on any atom is -0.126 e. The molecule has 0 spiro atoms. The summed E-state index contributed by atoms with van der Waals surface area (Å²) in [5, 5.41) is 0. The van der Waals surface area contributed by atoms with Crippen molar-refractivity contribution in [3.8, 4) is 0 Å². The minimum atomic E-state index is -1.22. The van der Waals surface area contributed by atoms with E-state index in [1.165, 1.54) is 5.56 Å². The molecule has 0 atom stereocenters. The molecule has 0 aromatic heterocycles. The first kappa shape index (κ1) is 15.6. The van der Waals surface area contributed by atoms with E-state index in [0.717, 1.165) is 10.5 Å². The Hall–Kier alpha value is 0.497. The van der Waals surface area contributed by atoms with Crippen LogP contribution < -0.4 is 0 Å². The Balaban J connectivity index is 3.15. The maximum absolute atomic E-state index is 6.24. The van der Waals surface area contributed by atoms with Gasteiger partial charge in [0.25, 0.3) is 0 Å². The van der Waals surface area contributed by atoms with Crippen molar-refractivity contribution in [2.75, 3.05) is 11.8 Å². The van der Waals surface area contributed by atoms with Gasteiger partial charge in [0, 0.05) is 29.7 Å². The number of hydrogen-bond acceptors (Lipinski definition) is 0. The van der Waals surface area contributed by atoms with Gasteiger partial charge in [-0.3, -0.25) is 0 Å². The van der Waals surface area contributed by atoms with E-state index in [4.69, 9.17) is 23.2 Å². The highest BCUT2D eigenvalue weighted by Crippen LogP contribution is 2.37. The van der Waals surface area contributed by atoms with Gasteiger partial charge in [0.05, 0.1) is 0 Å². The van der Waals surface area contributed by atoms with E-state index in [1.54, 1.807) is 0 Å². The lowest BCUT2D eigenvalue weighted by Crippen LogP contribution is -2.39. The number of benzene rings is 1. The third-order valence-corrected chi connectivity index (χ3v) is 6.07. The predicted molar refractivity (Wildman–Crippen MR) is 85.4 cm³/mol.